The van der Waals surface area contributed by atoms with Crippen molar-refractivity contribution in [3.05, 3.63) is 71.3 Å². The van der Waals surface area contributed by atoms with Crippen molar-refractivity contribution in [1.82, 2.24) is 14.7 Å². The summed E-state index contributed by atoms with van der Waals surface area (Å²) in [4.78, 5) is 57.7. The van der Waals surface area contributed by atoms with Crippen LogP contribution in [0.5, 0.6) is 0 Å². The molecule has 9 nitrogen and oxygen atoms in total. The second-order valence-electron chi connectivity index (χ2n) is 11.6. The van der Waals surface area contributed by atoms with Gasteiger partial charge in [-0.05, 0) is 59.1 Å². The lowest BCUT2D eigenvalue weighted by atomic mass is 10.0. The van der Waals surface area contributed by atoms with Gasteiger partial charge in [-0.15, -0.1) is 0 Å². The van der Waals surface area contributed by atoms with Gasteiger partial charge in [-0.3, -0.25) is 14.5 Å². The van der Waals surface area contributed by atoms with Gasteiger partial charge in [0.15, 0.2) is 0 Å². The molecule has 0 saturated heterocycles. The number of esters is 1. The molecule has 3 atom stereocenters. The molecule has 0 saturated carbocycles. The maximum absolute atomic E-state index is 14.0. The lowest BCUT2D eigenvalue weighted by molar-refractivity contribution is -0.166. The van der Waals surface area contributed by atoms with Crippen LogP contribution in [-0.4, -0.2) is 82.9 Å². The first-order valence-electron chi connectivity index (χ1n) is 14.5. The van der Waals surface area contributed by atoms with Crippen molar-refractivity contribution < 1.29 is 28.7 Å². The third kappa shape index (κ3) is 9.60. The molecule has 0 N–H and O–H groups in total. The Morgan fingerprint density at radius 2 is 1.40 bits per heavy atom. The molecule has 0 heterocycles. The normalized spacial score (nSPS) is 13.4. The highest BCUT2D eigenvalue weighted by molar-refractivity contribution is 5.93. The van der Waals surface area contributed by atoms with Crippen molar-refractivity contribution in [2.45, 2.75) is 91.6 Å². The van der Waals surface area contributed by atoms with Crippen LogP contribution in [0.1, 0.15) is 64.7 Å². The first kappa shape index (κ1) is 34.3. The maximum Gasteiger partial charge on any atom is 0.410 e. The van der Waals surface area contributed by atoms with Crippen LogP contribution < -0.4 is 0 Å². The number of hydrogen-bond acceptors (Lipinski definition) is 6. The number of ether oxygens (including phenoxy) is 2. The first-order chi connectivity index (χ1) is 19.7. The predicted octanol–water partition coefficient (Wildman–Crippen LogP) is 4.99. The quantitative estimate of drug-likeness (QED) is 0.328. The van der Waals surface area contributed by atoms with Crippen molar-refractivity contribution in [2.24, 2.45) is 0 Å². The zero-order chi connectivity index (χ0) is 31.6. The monoisotopic (exact) mass is 581 g/mol. The fourth-order valence-corrected chi connectivity index (χ4v) is 4.57. The summed E-state index contributed by atoms with van der Waals surface area (Å²) in [5, 5.41) is 0. The minimum Gasteiger partial charge on any atom is -0.458 e. The molecule has 2 rings (SSSR count). The molecular weight excluding hydrogens is 534 g/mol. The third-order valence-corrected chi connectivity index (χ3v) is 7.15. The van der Waals surface area contributed by atoms with Gasteiger partial charge in [0, 0.05) is 27.1 Å². The van der Waals surface area contributed by atoms with Gasteiger partial charge in [-0.2, -0.15) is 0 Å². The van der Waals surface area contributed by atoms with Crippen molar-refractivity contribution in [3.63, 3.8) is 0 Å². The van der Waals surface area contributed by atoms with E-state index >= 15 is 0 Å². The van der Waals surface area contributed by atoms with E-state index in [1.54, 1.807) is 41.7 Å². The molecule has 0 bridgehead atoms. The van der Waals surface area contributed by atoms with Gasteiger partial charge in [-0.25, -0.2) is 9.59 Å². The number of likely N-dealkylation sites (N-methyl/N-ethyl adjacent to an activating group) is 3. The second kappa shape index (κ2) is 15.4. The number of rotatable bonds is 12. The van der Waals surface area contributed by atoms with Gasteiger partial charge in [-0.1, -0.05) is 67.1 Å². The van der Waals surface area contributed by atoms with Crippen LogP contribution in [0, 0.1) is 6.92 Å². The fourth-order valence-electron chi connectivity index (χ4n) is 4.57. The Morgan fingerprint density at radius 1 is 0.810 bits per heavy atom. The van der Waals surface area contributed by atoms with Gasteiger partial charge in [0.1, 0.15) is 30.3 Å². The Balaban J connectivity index is 2.23. The molecule has 0 fully saturated rings. The summed E-state index contributed by atoms with van der Waals surface area (Å²) < 4.78 is 11.1. The molecule has 0 aliphatic rings. The molecule has 230 valence electrons. The summed E-state index contributed by atoms with van der Waals surface area (Å²) in [7, 11) is 3.04. The molecule has 2 aromatic carbocycles. The van der Waals surface area contributed by atoms with Crippen molar-refractivity contribution in [3.8, 4) is 0 Å². The van der Waals surface area contributed by atoms with Crippen LogP contribution in [0.2, 0.25) is 0 Å². The first-order valence-corrected chi connectivity index (χ1v) is 14.5. The van der Waals surface area contributed by atoms with E-state index in [9.17, 15) is 19.2 Å². The topological polar surface area (TPSA) is 96.5 Å². The average molecular weight is 582 g/mol. The van der Waals surface area contributed by atoms with E-state index in [1.165, 1.54) is 21.7 Å². The molecule has 2 aromatic rings. The number of carbonyl (C=O) groups is 4. The van der Waals surface area contributed by atoms with E-state index < -0.39 is 41.7 Å². The molecule has 42 heavy (non-hydrogen) atoms. The lowest BCUT2D eigenvalue weighted by Crippen LogP contribution is -2.57. The summed E-state index contributed by atoms with van der Waals surface area (Å²) in [6.45, 7) is 12.9. The summed E-state index contributed by atoms with van der Waals surface area (Å²) in [6.07, 6.45) is -0.0569. The van der Waals surface area contributed by atoms with Gasteiger partial charge >= 0.3 is 12.1 Å². The second-order valence-corrected chi connectivity index (χ2v) is 11.6. The predicted molar refractivity (Wildman–Crippen MR) is 163 cm³/mol. The number of aryl methyl sites for hydroxylation is 1. The van der Waals surface area contributed by atoms with E-state index in [0.29, 0.717) is 6.42 Å². The summed E-state index contributed by atoms with van der Waals surface area (Å²) in [5.41, 5.74) is 2.07. The zero-order valence-corrected chi connectivity index (χ0v) is 26.5. The fraction of sp³-hybridized carbons (Fsp3) is 0.515. The van der Waals surface area contributed by atoms with Crippen molar-refractivity contribution in [1.29, 1.82) is 0 Å². The van der Waals surface area contributed by atoms with Crippen molar-refractivity contribution in [2.75, 3.05) is 20.6 Å². The molecule has 0 unspecified atom stereocenters. The summed E-state index contributed by atoms with van der Waals surface area (Å²) in [5.74, 6) is -1.28. The van der Waals surface area contributed by atoms with Crippen LogP contribution in [-0.2, 0) is 36.9 Å². The average Bonchev–Trinajstić information content (AvgIpc) is 2.95. The summed E-state index contributed by atoms with van der Waals surface area (Å²) in [6, 6.07) is 14.4. The van der Waals surface area contributed by atoms with E-state index in [0.717, 1.165) is 16.7 Å². The molecule has 0 aliphatic heterocycles. The Hall–Kier alpha value is -3.88. The maximum atomic E-state index is 14.0. The highest BCUT2D eigenvalue weighted by Gasteiger charge is 2.39. The van der Waals surface area contributed by atoms with Crippen LogP contribution in [0.15, 0.2) is 54.6 Å². The Labute approximate surface area is 250 Å². The van der Waals surface area contributed by atoms with Gasteiger partial charge in [0.25, 0.3) is 0 Å². The number of hydrogen-bond donors (Lipinski definition) is 0. The largest absolute Gasteiger partial charge is 0.458 e. The van der Waals surface area contributed by atoms with E-state index in [1.807, 2.05) is 68.4 Å². The van der Waals surface area contributed by atoms with Crippen molar-refractivity contribution >= 4 is 23.9 Å². The molecule has 0 radical (unpaired) electrons. The number of carbonyl (C=O) groups excluding carboxylic acids is 4. The molecule has 0 spiro atoms. The highest BCUT2D eigenvalue weighted by atomic mass is 16.6. The Morgan fingerprint density at radius 3 is 1.93 bits per heavy atom. The number of benzene rings is 2. The Kier molecular flexibility index (Phi) is 12.6. The number of nitrogens with zero attached hydrogens (tertiary/aromatic N) is 3. The van der Waals surface area contributed by atoms with Crippen LogP contribution in [0.4, 0.5) is 4.79 Å². The highest BCUT2D eigenvalue weighted by Crippen LogP contribution is 2.20. The van der Waals surface area contributed by atoms with Gasteiger partial charge in [0.05, 0.1) is 0 Å². The third-order valence-electron chi connectivity index (χ3n) is 7.15. The van der Waals surface area contributed by atoms with Crippen LogP contribution in [0.25, 0.3) is 0 Å². The molecule has 0 aliphatic carbocycles. The summed E-state index contributed by atoms with van der Waals surface area (Å²) >= 11 is 0. The zero-order valence-electron chi connectivity index (χ0n) is 26.5. The number of amides is 3. The SMILES string of the molecule is CC[C@@H](C(=O)N(CC)[C@@H](Cc1ccc(C)cc1)C(=O)OC(C)(C)C)N(C)C(=O)[C@H](C)N(C)C(=O)OCc1ccccc1. The molecule has 3 amide bonds. The molecule has 0 aromatic heterocycles. The van der Waals surface area contributed by atoms with Gasteiger partial charge in [0.2, 0.25) is 11.8 Å². The van der Waals surface area contributed by atoms with E-state index in [2.05, 4.69) is 0 Å². The minimum absolute atomic E-state index is 0.0787. The molecule has 9 heteroatoms. The lowest BCUT2D eigenvalue weighted by Gasteiger charge is -2.37. The van der Waals surface area contributed by atoms with Gasteiger partial charge < -0.3 is 19.3 Å². The van der Waals surface area contributed by atoms with Crippen LogP contribution >= 0.6 is 0 Å². The molecular formula is C33H47N3O6. The van der Waals surface area contributed by atoms with E-state index in [-0.39, 0.29) is 25.5 Å². The van der Waals surface area contributed by atoms with E-state index in [4.69, 9.17) is 9.47 Å². The van der Waals surface area contributed by atoms with Crippen LogP contribution in [0.3, 0.4) is 0 Å². The smallest absolute Gasteiger partial charge is 0.410 e. The minimum atomic E-state index is -0.885. The Bertz CT molecular complexity index is 1190. The standard InChI is InChI=1S/C33H47N3O6/c1-10-27(35(9)29(37)24(4)34(8)32(40)41-22-26-15-13-12-14-16-26)30(38)36(11-2)28(31(39)42-33(5,6)7)21-25-19-17-23(3)18-20-25/h12-20,24,27-28H,10-11,21-22H2,1-9H3/t24-,27-,28-/m0/s1.